The molecule has 0 spiro atoms. The summed E-state index contributed by atoms with van der Waals surface area (Å²) in [5.74, 6) is -0.473. The van der Waals surface area contributed by atoms with Gasteiger partial charge in [0.15, 0.2) is 0 Å². The molecule has 0 fully saturated rings. The molecular formula is C15H17NO3. The van der Waals surface area contributed by atoms with Gasteiger partial charge in [-0.1, -0.05) is 38.0 Å². The zero-order chi connectivity index (χ0) is 13.7. The number of unbranched alkanes of at least 4 members (excludes halogenated alkanes) is 2. The summed E-state index contributed by atoms with van der Waals surface area (Å²) in [7, 11) is 0. The summed E-state index contributed by atoms with van der Waals surface area (Å²) in [5, 5.41) is 1.32. The second kappa shape index (κ2) is 6.18. The molecule has 0 aliphatic heterocycles. The number of benzene rings is 1. The zero-order valence-electron chi connectivity index (χ0n) is 10.9. The lowest BCUT2D eigenvalue weighted by Gasteiger charge is -2.05. The van der Waals surface area contributed by atoms with Crippen molar-refractivity contribution >= 4 is 16.7 Å². The quantitative estimate of drug-likeness (QED) is 0.663. The van der Waals surface area contributed by atoms with Gasteiger partial charge in [0.05, 0.1) is 6.61 Å². The van der Waals surface area contributed by atoms with Crippen molar-refractivity contribution in [3.63, 3.8) is 0 Å². The number of aromatic nitrogens is 1. The van der Waals surface area contributed by atoms with Crippen LogP contribution in [0.4, 0.5) is 0 Å². The van der Waals surface area contributed by atoms with Crippen LogP contribution >= 0.6 is 0 Å². The lowest BCUT2D eigenvalue weighted by atomic mass is 10.1. The van der Waals surface area contributed by atoms with E-state index in [4.69, 9.17) is 4.74 Å². The molecule has 2 aromatic rings. The summed E-state index contributed by atoms with van der Waals surface area (Å²) in [6.07, 6.45) is 2.95. The minimum atomic E-state index is -0.473. The van der Waals surface area contributed by atoms with Gasteiger partial charge in [0.1, 0.15) is 5.69 Å². The number of pyridine rings is 1. The Kier molecular flexibility index (Phi) is 4.34. The molecule has 100 valence electrons. The highest BCUT2D eigenvalue weighted by Gasteiger charge is 2.10. The Bertz CT molecular complexity index is 631. The van der Waals surface area contributed by atoms with Crippen molar-refractivity contribution in [1.29, 1.82) is 0 Å². The van der Waals surface area contributed by atoms with Gasteiger partial charge >= 0.3 is 5.97 Å². The molecule has 0 saturated heterocycles. The van der Waals surface area contributed by atoms with E-state index in [1.807, 2.05) is 6.07 Å². The van der Waals surface area contributed by atoms with E-state index in [-0.39, 0.29) is 11.3 Å². The molecule has 1 heterocycles. The van der Waals surface area contributed by atoms with Crippen LogP contribution in [-0.2, 0) is 4.74 Å². The molecule has 19 heavy (non-hydrogen) atoms. The number of rotatable bonds is 5. The Morgan fingerprint density at radius 1 is 1.26 bits per heavy atom. The van der Waals surface area contributed by atoms with Gasteiger partial charge in [-0.3, -0.25) is 4.79 Å². The predicted octanol–water partition coefficient (Wildman–Crippen LogP) is 2.88. The fourth-order valence-electron chi connectivity index (χ4n) is 1.92. The molecule has 0 amide bonds. The maximum Gasteiger partial charge on any atom is 0.354 e. The average Bonchev–Trinajstić information content (AvgIpc) is 2.43. The van der Waals surface area contributed by atoms with E-state index in [9.17, 15) is 9.59 Å². The minimum Gasteiger partial charge on any atom is -0.461 e. The summed E-state index contributed by atoms with van der Waals surface area (Å²) < 4.78 is 5.12. The monoisotopic (exact) mass is 259 g/mol. The average molecular weight is 259 g/mol. The van der Waals surface area contributed by atoms with Gasteiger partial charge in [0.25, 0.3) is 5.56 Å². The molecule has 1 aromatic heterocycles. The van der Waals surface area contributed by atoms with Gasteiger partial charge in [0.2, 0.25) is 0 Å². The van der Waals surface area contributed by atoms with Crippen LogP contribution in [0, 0.1) is 0 Å². The van der Waals surface area contributed by atoms with Crippen molar-refractivity contribution in [2.75, 3.05) is 6.61 Å². The summed E-state index contributed by atoms with van der Waals surface area (Å²) >= 11 is 0. The van der Waals surface area contributed by atoms with Crippen molar-refractivity contribution in [2.24, 2.45) is 0 Å². The van der Waals surface area contributed by atoms with Crippen molar-refractivity contribution in [1.82, 2.24) is 4.98 Å². The smallest absolute Gasteiger partial charge is 0.354 e. The molecular weight excluding hydrogens is 242 g/mol. The number of fused-ring (bicyclic) bond motifs is 1. The third-order valence-electron chi connectivity index (χ3n) is 2.95. The first-order valence-electron chi connectivity index (χ1n) is 6.51. The van der Waals surface area contributed by atoms with Gasteiger partial charge in [-0.15, -0.1) is 0 Å². The van der Waals surface area contributed by atoms with E-state index in [2.05, 4.69) is 11.9 Å². The van der Waals surface area contributed by atoms with Crippen LogP contribution in [0.25, 0.3) is 10.8 Å². The van der Waals surface area contributed by atoms with E-state index >= 15 is 0 Å². The Hall–Kier alpha value is -2.10. The zero-order valence-corrected chi connectivity index (χ0v) is 10.9. The normalized spacial score (nSPS) is 10.6. The predicted molar refractivity (Wildman–Crippen MR) is 74.4 cm³/mol. The Morgan fingerprint density at radius 3 is 2.84 bits per heavy atom. The summed E-state index contributed by atoms with van der Waals surface area (Å²) in [6, 6.07) is 8.81. The molecule has 4 heteroatoms. The van der Waals surface area contributed by atoms with Crippen LogP contribution in [0.15, 0.2) is 35.1 Å². The summed E-state index contributed by atoms with van der Waals surface area (Å²) in [4.78, 5) is 26.2. The van der Waals surface area contributed by atoms with Gasteiger partial charge in [-0.25, -0.2) is 4.79 Å². The van der Waals surface area contributed by atoms with E-state index in [1.165, 1.54) is 0 Å². The molecule has 0 aliphatic rings. The van der Waals surface area contributed by atoms with E-state index in [1.54, 1.807) is 24.3 Å². The third kappa shape index (κ3) is 3.22. The molecule has 1 N–H and O–H groups in total. The summed E-state index contributed by atoms with van der Waals surface area (Å²) in [6.45, 7) is 2.48. The highest BCUT2D eigenvalue weighted by atomic mass is 16.5. The van der Waals surface area contributed by atoms with Gasteiger partial charge in [-0.05, 0) is 23.9 Å². The third-order valence-corrected chi connectivity index (χ3v) is 2.95. The van der Waals surface area contributed by atoms with Crippen LogP contribution in [0.1, 0.15) is 36.7 Å². The van der Waals surface area contributed by atoms with Gasteiger partial charge in [-0.2, -0.15) is 0 Å². The number of H-pyrrole nitrogens is 1. The SMILES string of the molecule is CCCCCOC(=O)c1cc2ccccc2c(=O)[nH]1. The lowest BCUT2D eigenvalue weighted by molar-refractivity contribution is 0.0491. The number of esters is 1. The Labute approximate surface area is 111 Å². The topological polar surface area (TPSA) is 59.2 Å². The fraction of sp³-hybridized carbons (Fsp3) is 0.333. The maximum atomic E-state index is 11.8. The number of aromatic amines is 1. The van der Waals surface area contributed by atoms with Crippen LogP contribution in [0.3, 0.4) is 0 Å². The van der Waals surface area contributed by atoms with Crippen molar-refractivity contribution in [3.8, 4) is 0 Å². The fourth-order valence-corrected chi connectivity index (χ4v) is 1.92. The highest BCUT2D eigenvalue weighted by molar-refractivity contribution is 5.92. The van der Waals surface area contributed by atoms with Crippen LogP contribution in [0.2, 0.25) is 0 Å². The molecule has 0 atom stereocenters. The summed E-state index contributed by atoms with van der Waals surface area (Å²) in [5.41, 5.74) is -0.0567. The number of carbonyl (C=O) groups is 1. The maximum absolute atomic E-state index is 11.8. The van der Waals surface area contributed by atoms with Crippen molar-refractivity contribution in [3.05, 3.63) is 46.4 Å². The van der Waals surface area contributed by atoms with Gasteiger partial charge < -0.3 is 9.72 Å². The lowest BCUT2D eigenvalue weighted by Crippen LogP contribution is -2.15. The molecule has 0 radical (unpaired) electrons. The second-order valence-corrected chi connectivity index (χ2v) is 4.44. The largest absolute Gasteiger partial charge is 0.461 e. The van der Waals surface area contributed by atoms with E-state index < -0.39 is 5.97 Å². The molecule has 2 rings (SSSR count). The number of nitrogens with one attached hydrogen (secondary N) is 1. The first kappa shape index (κ1) is 13.3. The highest BCUT2D eigenvalue weighted by Crippen LogP contribution is 2.10. The number of ether oxygens (including phenoxy) is 1. The molecule has 0 bridgehead atoms. The van der Waals surface area contributed by atoms with Crippen molar-refractivity contribution in [2.45, 2.75) is 26.2 Å². The van der Waals surface area contributed by atoms with Crippen molar-refractivity contribution < 1.29 is 9.53 Å². The molecule has 0 saturated carbocycles. The molecule has 1 aromatic carbocycles. The molecule has 4 nitrogen and oxygen atoms in total. The first-order chi connectivity index (χ1) is 9.22. The number of carbonyl (C=O) groups excluding carboxylic acids is 1. The van der Waals surface area contributed by atoms with Crippen LogP contribution < -0.4 is 5.56 Å². The molecule has 0 aliphatic carbocycles. The molecule has 0 unspecified atom stereocenters. The minimum absolute atomic E-state index is 0.209. The van der Waals surface area contributed by atoms with Crippen LogP contribution in [-0.4, -0.2) is 17.6 Å². The van der Waals surface area contributed by atoms with Crippen LogP contribution in [0.5, 0.6) is 0 Å². The Balaban J connectivity index is 2.16. The second-order valence-electron chi connectivity index (χ2n) is 4.44. The van der Waals surface area contributed by atoms with E-state index in [0.29, 0.717) is 12.0 Å². The number of hydrogen-bond acceptors (Lipinski definition) is 3. The van der Waals surface area contributed by atoms with Gasteiger partial charge in [0, 0.05) is 5.39 Å². The van der Waals surface area contributed by atoms with E-state index in [0.717, 1.165) is 24.6 Å². The first-order valence-corrected chi connectivity index (χ1v) is 6.51. The Morgan fingerprint density at radius 2 is 2.05 bits per heavy atom. The number of hydrogen-bond donors (Lipinski definition) is 1. The standard InChI is InChI=1S/C15H17NO3/c1-2-3-6-9-19-15(18)13-10-11-7-4-5-8-12(11)14(17)16-13/h4-5,7-8,10H,2-3,6,9H2,1H3,(H,16,17).